The number of carbonyl (C=O) groups excluding carboxylic acids is 2. The Morgan fingerprint density at radius 2 is 2.11 bits per heavy atom. The minimum absolute atomic E-state index is 0.265. The number of halogens is 1. The van der Waals surface area contributed by atoms with Crippen LogP contribution in [0.15, 0.2) is 35.7 Å². The zero-order valence-corrected chi connectivity index (χ0v) is 11.5. The van der Waals surface area contributed by atoms with E-state index in [4.69, 9.17) is 11.6 Å². The maximum atomic E-state index is 11.9. The van der Waals surface area contributed by atoms with Crippen LogP contribution < -0.4 is 5.32 Å². The van der Waals surface area contributed by atoms with E-state index < -0.39 is 5.97 Å². The third-order valence-electron chi connectivity index (χ3n) is 2.33. The Morgan fingerprint density at radius 1 is 1.32 bits per heavy atom. The number of rotatable bonds is 3. The molecule has 1 aromatic carbocycles. The van der Waals surface area contributed by atoms with Gasteiger partial charge >= 0.3 is 5.97 Å². The molecule has 0 bridgehead atoms. The number of hydrogen-bond acceptors (Lipinski definition) is 4. The monoisotopic (exact) mass is 295 g/mol. The van der Waals surface area contributed by atoms with Gasteiger partial charge in [0.2, 0.25) is 0 Å². The van der Waals surface area contributed by atoms with Crippen molar-refractivity contribution in [3.8, 4) is 0 Å². The third kappa shape index (κ3) is 3.33. The van der Waals surface area contributed by atoms with E-state index in [1.165, 1.54) is 18.4 Å². The van der Waals surface area contributed by atoms with Crippen molar-refractivity contribution in [1.82, 2.24) is 0 Å². The van der Waals surface area contributed by atoms with Gasteiger partial charge in [-0.2, -0.15) is 0 Å². The van der Waals surface area contributed by atoms with Crippen molar-refractivity contribution in [3.63, 3.8) is 0 Å². The highest BCUT2D eigenvalue weighted by molar-refractivity contribution is 7.12. The number of methoxy groups -OCH3 is 1. The number of benzene rings is 1. The number of anilines is 1. The Balaban J connectivity index is 2.15. The predicted molar refractivity (Wildman–Crippen MR) is 75.1 cm³/mol. The van der Waals surface area contributed by atoms with Crippen molar-refractivity contribution in [2.75, 3.05) is 12.4 Å². The molecule has 1 aromatic heterocycles. The smallest absolute Gasteiger partial charge is 0.337 e. The number of thiophene rings is 1. The normalized spacial score (nSPS) is 10.0. The van der Waals surface area contributed by atoms with Gasteiger partial charge in [0.25, 0.3) is 5.91 Å². The van der Waals surface area contributed by atoms with Gasteiger partial charge in [0.1, 0.15) is 0 Å². The maximum absolute atomic E-state index is 11.9. The predicted octanol–water partition coefficient (Wildman–Crippen LogP) is 3.44. The molecule has 0 saturated heterocycles. The quantitative estimate of drug-likeness (QED) is 0.883. The molecule has 0 atom stereocenters. The number of hydrogen-bond donors (Lipinski definition) is 1. The van der Waals surface area contributed by atoms with Crippen LogP contribution in [0, 0.1) is 0 Å². The summed E-state index contributed by atoms with van der Waals surface area (Å²) in [5.74, 6) is -0.714. The first-order valence-corrected chi connectivity index (χ1v) is 6.59. The van der Waals surface area contributed by atoms with Crippen molar-refractivity contribution in [1.29, 1.82) is 0 Å². The molecule has 0 spiro atoms. The van der Waals surface area contributed by atoms with Crippen LogP contribution in [-0.2, 0) is 4.74 Å². The molecule has 98 valence electrons. The number of nitrogens with one attached hydrogen (secondary N) is 1. The highest BCUT2D eigenvalue weighted by Gasteiger charge is 2.10. The highest BCUT2D eigenvalue weighted by atomic mass is 35.5. The van der Waals surface area contributed by atoms with Crippen LogP contribution >= 0.6 is 22.9 Å². The Bertz CT molecular complexity index is 624. The molecule has 4 nitrogen and oxygen atoms in total. The van der Waals surface area contributed by atoms with Gasteiger partial charge in [-0.3, -0.25) is 4.79 Å². The van der Waals surface area contributed by atoms with Gasteiger partial charge in [-0.1, -0.05) is 17.7 Å². The van der Waals surface area contributed by atoms with E-state index >= 15 is 0 Å². The summed E-state index contributed by atoms with van der Waals surface area (Å²) in [4.78, 5) is 23.8. The molecule has 0 radical (unpaired) electrons. The van der Waals surface area contributed by atoms with E-state index in [0.29, 0.717) is 21.2 Å². The van der Waals surface area contributed by atoms with Crippen LogP contribution in [0.25, 0.3) is 0 Å². The van der Waals surface area contributed by atoms with Gasteiger partial charge in [0.05, 0.1) is 22.6 Å². The summed E-state index contributed by atoms with van der Waals surface area (Å²) < 4.78 is 4.62. The SMILES string of the molecule is COC(=O)c1cccc(NC(=O)c2cc(Cl)cs2)c1. The average molecular weight is 296 g/mol. The molecule has 6 heteroatoms. The molecular weight excluding hydrogens is 286 g/mol. The summed E-state index contributed by atoms with van der Waals surface area (Å²) in [6.07, 6.45) is 0. The summed E-state index contributed by atoms with van der Waals surface area (Å²) in [6, 6.07) is 8.12. The van der Waals surface area contributed by atoms with Gasteiger partial charge < -0.3 is 10.1 Å². The van der Waals surface area contributed by atoms with E-state index in [1.807, 2.05) is 0 Å². The molecule has 1 heterocycles. The van der Waals surface area contributed by atoms with Gasteiger partial charge in [-0.05, 0) is 24.3 Å². The first-order chi connectivity index (χ1) is 9.10. The Hall–Kier alpha value is -1.85. The minimum Gasteiger partial charge on any atom is -0.465 e. The van der Waals surface area contributed by atoms with Crippen molar-refractivity contribution >= 4 is 40.5 Å². The van der Waals surface area contributed by atoms with Crippen molar-refractivity contribution in [3.05, 3.63) is 51.2 Å². The summed E-state index contributed by atoms with van der Waals surface area (Å²) in [5, 5.41) is 4.90. The third-order valence-corrected chi connectivity index (χ3v) is 3.61. The average Bonchev–Trinajstić information content (AvgIpc) is 2.85. The van der Waals surface area contributed by atoms with E-state index in [2.05, 4.69) is 10.1 Å². The van der Waals surface area contributed by atoms with Crippen LogP contribution in [0.5, 0.6) is 0 Å². The lowest BCUT2D eigenvalue weighted by atomic mass is 10.2. The molecule has 1 N–H and O–H groups in total. The fraction of sp³-hybridized carbons (Fsp3) is 0.0769. The summed E-state index contributed by atoms with van der Waals surface area (Å²) in [7, 11) is 1.31. The molecule has 2 aromatic rings. The lowest BCUT2D eigenvalue weighted by Crippen LogP contribution is -2.11. The Kier molecular flexibility index (Phi) is 4.19. The zero-order valence-electron chi connectivity index (χ0n) is 9.98. The Labute approximate surface area is 119 Å². The molecule has 0 aliphatic rings. The minimum atomic E-state index is -0.449. The lowest BCUT2D eigenvalue weighted by Gasteiger charge is -2.05. The number of ether oxygens (including phenoxy) is 1. The first kappa shape index (κ1) is 13.6. The number of esters is 1. The van der Waals surface area contributed by atoms with Crippen LogP contribution in [0.1, 0.15) is 20.0 Å². The standard InChI is InChI=1S/C13H10ClNO3S/c1-18-13(17)8-3-2-4-10(5-8)15-12(16)11-6-9(14)7-19-11/h2-7H,1H3,(H,15,16). The van der Waals surface area contributed by atoms with Crippen LogP contribution in [0.2, 0.25) is 5.02 Å². The summed E-state index contributed by atoms with van der Waals surface area (Å²) >= 11 is 7.02. The molecule has 0 aliphatic carbocycles. The van der Waals surface area contributed by atoms with Gasteiger partial charge in [-0.15, -0.1) is 11.3 Å². The molecule has 2 rings (SSSR count). The van der Waals surface area contributed by atoms with Crippen LogP contribution in [0.3, 0.4) is 0 Å². The highest BCUT2D eigenvalue weighted by Crippen LogP contribution is 2.20. The second-order valence-corrected chi connectivity index (χ2v) is 5.00. The second kappa shape index (κ2) is 5.86. The van der Waals surface area contributed by atoms with Gasteiger partial charge in [0.15, 0.2) is 0 Å². The lowest BCUT2D eigenvalue weighted by molar-refractivity contribution is 0.0600. The zero-order chi connectivity index (χ0) is 13.8. The largest absolute Gasteiger partial charge is 0.465 e. The topological polar surface area (TPSA) is 55.4 Å². The fourth-order valence-corrected chi connectivity index (χ4v) is 2.43. The molecule has 0 aliphatic heterocycles. The molecule has 1 amide bonds. The van der Waals surface area contributed by atoms with Crippen LogP contribution in [0.4, 0.5) is 5.69 Å². The summed E-state index contributed by atoms with van der Waals surface area (Å²) in [6.45, 7) is 0. The van der Waals surface area contributed by atoms with Crippen LogP contribution in [-0.4, -0.2) is 19.0 Å². The molecule has 0 unspecified atom stereocenters. The van der Waals surface area contributed by atoms with E-state index in [0.717, 1.165) is 0 Å². The molecule has 0 saturated carbocycles. The van der Waals surface area contributed by atoms with Crippen molar-refractivity contribution in [2.45, 2.75) is 0 Å². The second-order valence-electron chi connectivity index (χ2n) is 3.66. The van der Waals surface area contributed by atoms with Crippen molar-refractivity contribution < 1.29 is 14.3 Å². The molecule has 19 heavy (non-hydrogen) atoms. The first-order valence-electron chi connectivity index (χ1n) is 5.34. The van der Waals surface area contributed by atoms with Gasteiger partial charge in [-0.25, -0.2) is 4.79 Å². The number of carbonyl (C=O) groups is 2. The van der Waals surface area contributed by atoms with E-state index in [-0.39, 0.29) is 5.91 Å². The summed E-state index contributed by atoms with van der Waals surface area (Å²) in [5.41, 5.74) is 0.905. The van der Waals surface area contributed by atoms with E-state index in [1.54, 1.807) is 35.7 Å². The van der Waals surface area contributed by atoms with Crippen molar-refractivity contribution in [2.24, 2.45) is 0 Å². The van der Waals surface area contributed by atoms with E-state index in [9.17, 15) is 9.59 Å². The molecule has 0 fully saturated rings. The van der Waals surface area contributed by atoms with Gasteiger partial charge in [0, 0.05) is 11.1 Å². The maximum Gasteiger partial charge on any atom is 0.337 e. The number of amides is 1. The fourth-order valence-electron chi connectivity index (χ4n) is 1.47. The Morgan fingerprint density at radius 3 is 2.74 bits per heavy atom. The molecular formula is C13H10ClNO3S.